The zero-order chi connectivity index (χ0) is 24.8. The van der Waals surface area contributed by atoms with Gasteiger partial charge >= 0.3 is 5.97 Å². The summed E-state index contributed by atoms with van der Waals surface area (Å²) in [5, 5.41) is 10.9. The molecule has 1 saturated carbocycles. The van der Waals surface area contributed by atoms with Gasteiger partial charge < -0.3 is 14.6 Å². The van der Waals surface area contributed by atoms with Crippen LogP contribution in [0.4, 0.5) is 0 Å². The van der Waals surface area contributed by atoms with E-state index in [2.05, 4.69) is 38.7 Å². The molecule has 188 valence electrons. The zero-order valence-corrected chi connectivity index (χ0v) is 21.6. The van der Waals surface area contributed by atoms with Crippen molar-refractivity contribution in [1.82, 2.24) is 4.90 Å². The van der Waals surface area contributed by atoms with Crippen LogP contribution in [0.3, 0.4) is 0 Å². The Balaban J connectivity index is 1.50. The average Bonchev–Trinajstić information content (AvgIpc) is 3.01. The van der Waals surface area contributed by atoms with Crippen molar-refractivity contribution in [1.29, 1.82) is 0 Å². The minimum absolute atomic E-state index is 0.150. The molecule has 0 amide bonds. The summed E-state index contributed by atoms with van der Waals surface area (Å²) < 4.78 is 13.4. The van der Waals surface area contributed by atoms with E-state index in [9.17, 15) is 14.7 Å². The normalized spacial score (nSPS) is 50.0. The number of rotatable bonds is 0. The molecule has 7 rings (SSSR count). The molecule has 6 heteroatoms. The summed E-state index contributed by atoms with van der Waals surface area (Å²) in [4.78, 5) is 29.9. The van der Waals surface area contributed by atoms with Gasteiger partial charge in [-0.25, -0.2) is 4.90 Å². The summed E-state index contributed by atoms with van der Waals surface area (Å²) in [6.07, 6.45) is 4.95. The first kappa shape index (κ1) is 22.3. The van der Waals surface area contributed by atoms with Crippen molar-refractivity contribution in [2.75, 3.05) is 6.54 Å². The fourth-order valence-corrected chi connectivity index (χ4v) is 10.2. The molecule has 35 heavy (non-hydrogen) atoms. The van der Waals surface area contributed by atoms with E-state index in [4.69, 9.17) is 9.47 Å². The molecule has 1 N–H and O–H groups in total. The largest absolute Gasteiger partial charge is 0.508 e. The van der Waals surface area contributed by atoms with Gasteiger partial charge in [-0.15, -0.1) is 0 Å². The van der Waals surface area contributed by atoms with Gasteiger partial charge in [0.25, 0.3) is 0 Å². The van der Waals surface area contributed by atoms with Gasteiger partial charge in [0.15, 0.2) is 5.72 Å². The summed E-state index contributed by atoms with van der Waals surface area (Å²) in [6, 6.07) is 3.92. The fourth-order valence-electron chi connectivity index (χ4n) is 10.2. The van der Waals surface area contributed by atoms with Gasteiger partial charge in [-0.05, 0) is 61.1 Å². The number of ketones is 1. The molecular weight excluding hydrogens is 442 g/mol. The predicted octanol–water partition coefficient (Wildman–Crippen LogP) is 4.38. The number of phenolic OH excluding ortho intramolecular Hbond substituents is 1. The number of esters is 1. The maximum Gasteiger partial charge on any atom is 0.308 e. The van der Waals surface area contributed by atoms with E-state index in [1.54, 1.807) is 6.07 Å². The number of Topliss-reactive ketones (excluding diaryl/α,β-unsaturated/α-hetero) is 1. The van der Waals surface area contributed by atoms with E-state index in [0.717, 1.165) is 48.9 Å². The summed E-state index contributed by atoms with van der Waals surface area (Å²) in [5.41, 5.74) is 0.0873. The molecule has 1 aromatic rings. The van der Waals surface area contributed by atoms with Crippen molar-refractivity contribution < 1.29 is 24.2 Å². The maximum atomic E-state index is 14.0. The van der Waals surface area contributed by atoms with E-state index in [-0.39, 0.29) is 47.8 Å². The van der Waals surface area contributed by atoms with Crippen LogP contribution in [0.1, 0.15) is 82.9 Å². The monoisotopic (exact) mass is 479 g/mol. The molecule has 8 atom stereocenters. The van der Waals surface area contributed by atoms with Crippen LogP contribution in [0.25, 0.3) is 0 Å². The molecule has 4 aliphatic heterocycles. The first-order valence-electron chi connectivity index (χ1n) is 13.4. The number of carbonyl (C=O) groups is 2. The SMILES string of the molecule is Cc1cc(O)c2c(c1)[C@]1(C)C[C@@]34OC(=O)C[C@@](C)([C@H]1C(=O)C2)[C@]3(C)CC[C@]12C[C@@H](C)C[C@H](CN14)O2. The minimum atomic E-state index is -0.840. The lowest BCUT2D eigenvalue weighted by Gasteiger charge is -2.75. The van der Waals surface area contributed by atoms with Crippen molar-refractivity contribution in [3.8, 4) is 5.75 Å². The second kappa shape index (κ2) is 6.31. The molecule has 6 nitrogen and oxygen atoms in total. The van der Waals surface area contributed by atoms with E-state index in [1.165, 1.54) is 0 Å². The van der Waals surface area contributed by atoms with Crippen LogP contribution in [0.2, 0.25) is 0 Å². The number of fused-ring (bicyclic) bond motifs is 5. The van der Waals surface area contributed by atoms with Crippen molar-refractivity contribution in [2.45, 2.75) is 103 Å². The highest BCUT2D eigenvalue weighted by molar-refractivity contribution is 5.91. The minimum Gasteiger partial charge on any atom is -0.508 e. The third kappa shape index (κ3) is 2.35. The lowest BCUT2D eigenvalue weighted by Crippen LogP contribution is -2.82. The number of hydrogen-bond acceptors (Lipinski definition) is 6. The number of nitrogens with zero attached hydrogens (tertiary/aromatic N) is 1. The topological polar surface area (TPSA) is 76.1 Å². The van der Waals surface area contributed by atoms with Gasteiger partial charge in [-0.2, -0.15) is 0 Å². The Morgan fingerprint density at radius 1 is 1.14 bits per heavy atom. The van der Waals surface area contributed by atoms with Gasteiger partial charge in [0.05, 0.1) is 12.5 Å². The van der Waals surface area contributed by atoms with Crippen LogP contribution < -0.4 is 0 Å². The summed E-state index contributed by atoms with van der Waals surface area (Å²) in [7, 11) is 0. The third-order valence-corrected chi connectivity index (χ3v) is 11.5. The second-order valence-corrected chi connectivity index (χ2v) is 13.5. The number of aryl methyl sites for hydroxylation is 1. The van der Waals surface area contributed by atoms with E-state index < -0.39 is 22.3 Å². The lowest BCUT2D eigenvalue weighted by molar-refractivity contribution is -0.366. The van der Waals surface area contributed by atoms with Crippen LogP contribution in [0, 0.1) is 29.6 Å². The molecule has 5 fully saturated rings. The molecule has 4 bridgehead atoms. The summed E-state index contributed by atoms with van der Waals surface area (Å²) in [5.74, 6) is 0.431. The number of ether oxygens (including phenoxy) is 2. The molecule has 1 aromatic carbocycles. The number of hydrogen-bond donors (Lipinski definition) is 1. The maximum absolute atomic E-state index is 14.0. The van der Waals surface area contributed by atoms with Crippen molar-refractivity contribution in [3.05, 3.63) is 28.8 Å². The molecule has 6 aliphatic rings. The molecule has 4 heterocycles. The number of phenols is 1. The molecular formula is C29H37NO5. The first-order valence-corrected chi connectivity index (χ1v) is 13.4. The van der Waals surface area contributed by atoms with Crippen LogP contribution in [0.15, 0.2) is 12.1 Å². The Hall–Kier alpha value is -1.92. The van der Waals surface area contributed by atoms with E-state index in [1.807, 2.05) is 6.92 Å². The van der Waals surface area contributed by atoms with Crippen molar-refractivity contribution in [2.24, 2.45) is 22.7 Å². The van der Waals surface area contributed by atoms with E-state index in [0.29, 0.717) is 12.3 Å². The first-order chi connectivity index (χ1) is 16.4. The predicted molar refractivity (Wildman–Crippen MR) is 129 cm³/mol. The van der Waals surface area contributed by atoms with Gasteiger partial charge in [-0.1, -0.05) is 33.8 Å². The van der Waals surface area contributed by atoms with Gasteiger partial charge in [0.2, 0.25) is 0 Å². The summed E-state index contributed by atoms with van der Waals surface area (Å²) >= 11 is 0. The molecule has 0 aromatic heterocycles. The van der Waals surface area contributed by atoms with Crippen LogP contribution in [-0.2, 0) is 30.9 Å². The highest BCUT2D eigenvalue weighted by Crippen LogP contribution is 2.76. The Labute approximate surface area is 207 Å². The molecule has 4 saturated heterocycles. The van der Waals surface area contributed by atoms with Gasteiger partial charge in [-0.3, -0.25) is 9.59 Å². The highest BCUT2D eigenvalue weighted by atomic mass is 16.6. The van der Waals surface area contributed by atoms with Crippen LogP contribution in [-0.4, -0.2) is 45.9 Å². The van der Waals surface area contributed by atoms with Crippen LogP contribution in [0.5, 0.6) is 5.75 Å². The zero-order valence-electron chi connectivity index (χ0n) is 21.6. The Kier molecular flexibility index (Phi) is 4.02. The Bertz CT molecular complexity index is 1200. The number of aromatic hydroxyl groups is 1. The van der Waals surface area contributed by atoms with E-state index >= 15 is 0 Å². The van der Waals surface area contributed by atoms with Gasteiger partial charge in [0.1, 0.15) is 17.3 Å². The fraction of sp³-hybridized carbons (Fsp3) is 0.724. The number of carbonyl (C=O) groups excluding carboxylic acids is 2. The standard InChI is InChI=1S/C29H37NO5/c1-16-9-20-19(21(31)10-16)11-22(32)24-25(20,3)15-29-27(5,26(24,4)13-23(33)35-29)6-7-28-12-17(2)8-18(34-28)14-30(28)29/h9-10,17-18,24,31H,6-8,11-15H2,1-5H3/t17-,18+,24-,25-,26-,27-,28-,29+/m0/s1. The van der Waals surface area contributed by atoms with Crippen LogP contribution >= 0.6 is 0 Å². The number of benzene rings is 1. The van der Waals surface area contributed by atoms with Gasteiger partial charge in [0, 0.05) is 41.7 Å². The van der Waals surface area contributed by atoms with Crippen molar-refractivity contribution >= 4 is 11.8 Å². The molecule has 0 radical (unpaired) electrons. The van der Waals surface area contributed by atoms with Crippen molar-refractivity contribution in [3.63, 3.8) is 0 Å². The lowest BCUT2D eigenvalue weighted by atomic mass is 9.36. The second-order valence-electron chi connectivity index (χ2n) is 13.5. The summed E-state index contributed by atoms with van der Waals surface area (Å²) in [6.45, 7) is 11.7. The Morgan fingerprint density at radius 2 is 1.91 bits per heavy atom. The highest BCUT2D eigenvalue weighted by Gasteiger charge is 2.81. The molecule has 1 spiro atoms. The number of piperidine rings is 1. The quantitative estimate of drug-likeness (QED) is 0.557. The Morgan fingerprint density at radius 3 is 2.69 bits per heavy atom. The molecule has 0 unspecified atom stereocenters. The third-order valence-electron chi connectivity index (χ3n) is 11.5. The average molecular weight is 480 g/mol. The smallest absolute Gasteiger partial charge is 0.308 e. The molecule has 2 aliphatic carbocycles.